The van der Waals surface area contributed by atoms with Gasteiger partial charge in [-0.05, 0) is 47.1 Å². The van der Waals surface area contributed by atoms with Gasteiger partial charge in [0.05, 0.1) is 11.6 Å². The number of unbranched alkanes of at least 4 members (excludes halogenated alkanes) is 1. The van der Waals surface area contributed by atoms with Crippen LogP contribution in [0.2, 0.25) is 0 Å². The second kappa shape index (κ2) is 9.04. The average molecular weight is 385 g/mol. The minimum Gasteiger partial charge on any atom is -0.345 e. The summed E-state index contributed by atoms with van der Waals surface area (Å²) in [4.78, 5) is 16.9. The fourth-order valence-electron chi connectivity index (χ4n) is 4.15. The van der Waals surface area contributed by atoms with Crippen LogP contribution in [0.15, 0.2) is 79.1 Å². The van der Waals surface area contributed by atoms with Crippen LogP contribution in [-0.2, 0) is 0 Å². The Kier molecular flexibility index (Phi) is 6.04. The Morgan fingerprint density at radius 2 is 1.79 bits per heavy atom. The van der Waals surface area contributed by atoms with Crippen LogP contribution < -0.4 is 5.32 Å². The Labute approximate surface area is 173 Å². The highest BCUT2D eigenvalue weighted by Gasteiger charge is 2.43. The molecule has 1 heterocycles. The van der Waals surface area contributed by atoms with E-state index < -0.39 is 0 Å². The van der Waals surface area contributed by atoms with Gasteiger partial charge in [-0.2, -0.15) is 0 Å². The molecule has 1 aliphatic carbocycles. The maximum atomic E-state index is 12.8. The van der Waals surface area contributed by atoms with Crippen molar-refractivity contribution >= 4 is 5.91 Å². The quantitative estimate of drug-likeness (QED) is 0.514. The minimum absolute atomic E-state index is 0.0450. The van der Waals surface area contributed by atoms with Gasteiger partial charge in [-0.15, -0.1) is 0 Å². The molecule has 1 aliphatic rings. The molecule has 0 bridgehead atoms. The molecule has 4 rings (SSSR count). The van der Waals surface area contributed by atoms with E-state index in [0.717, 1.165) is 0 Å². The number of nitrogens with one attached hydrogen (secondary N) is 1. The first-order chi connectivity index (χ1) is 14.3. The second-order valence-corrected chi connectivity index (χ2v) is 7.98. The van der Waals surface area contributed by atoms with E-state index in [1.807, 2.05) is 12.1 Å². The summed E-state index contributed by atoms with van der Waals surface area (Å²) < 4.78 is 0. The fourth-order valence-corrected chi connectivity index (χ4v) is 4.15. The summed E-state index contributed by atoms with van der Waals surface area (Å²) >= 11 is 0. The van der Waals surface area contributed by atoms with Gasteiger partial charge >= 0.3 is 0 Å². The highest BCUT2D eigenvalue weighted by Crippen LogP contribution is 2.50. The summed E-state index contributed by atoms with van der Waals surface area (Å²) in [7, 11) is 0. The number of carbonyl (C=O) groups is 1. The zero-order chi connectivity index (χ0) is 20.1. The SMILES string of the molecule is CCCC[C@@H]1C[C@H]1C(NC(=O)c1cccnc1)c1ccc(-c2ccccc2)cc1. The lowest BCUT2D eigenvalue weighted by atomic mass is 9.96. The van der Waals surface area contributed by atoms with Gasteiger partial charge in [0.15, 0.2) is 0 Å². The minimum atomic E-state index is -0.0450. The lowest BCUT2D eigenvalue weighted by molar-refractivity contribution is 0.0930. The first-order valence-corrected chi connectivity index (χ1v) is 10.6. The molecule has 3 atom stereocenters. The van der Waals surface area contributed by atoms with E-state index in [0.29, 0.717) is 17.4 Å². The third-order valence-corrected chi connectivity index (χ3v) is 5.92. The molecule has 29 heavy (non-hydrogen) atoms. The standard InChI is InChI=1S/C26H28N2O/c1-2-3-8-22-17-24(22)25(28-26(29)23-11-7-16-27-18-23)21-14-12-20(13-15-21)19-9-5-4-6-10-19/h4-7,9-16,18,22,24-25H,2-3,8,17H2,1H3,(H,28,29)/t22-,24-,25?/m1/s1. The molecular weight excluding hydrogens is 356 g/mol. The third-order valence-electron chi connectivity index (χ3n) is 5.92. The maximum Gasteiger partial charge on any atom is 0.253 e. The van der Waals surface area contributed by atoms with E-state index >= 15 is 0 Å². The molecule has 2 aromatic carbocycles. The van der Waals surface area contributed by atoms with Gasteiger partial charge in [-0.1, -0.05) is 80.8 Å². The molecule has 1 saturated carbocycles. The zero-order valence-electron chi connectivity index (χ0n) is 16.9. The molecule has 0 saturated heterocycles. The van der Waals surface area contributed by atoms with Gasteiger partial charge in [-0.3, -0.25) is 9.78 Å². The van der Waals surface area contributed by atoms with Gasteiger partial charge in [0.2, 0.25) is 0 Å². The summed E-state index contributed by atoms with van der Waals surface area (Å²) in [5.41, 5.74) is 4.21. The van der Waals surface area contributed by atoms with Crippen molar-refractivity contribution in [3.05, 3.63) is 90.3 Å². The predicted octanol–water partition coefficient (Wildman–Crippen LogP) is 6.05. The monoisotopic (exact) mass is 384 g/mol. The van der Waals surface area contributed by atoms with Crippen LogP contribution in [-0.4, -0.2) is 10.9 Å². The van der Waals surface area contributed by atoms with E-state index in [9.17, 15) is 4.79 Å². The van der Waals surface area contributed by atoms with Crippen molar-refractivity contribution in [1.82, 2.24) is 10.3 Å². The van der Waals surface area contributed by atoms with Gasteiger partial charge in [0, 0.05) is 12.4 Å². The summed E-state index contributed by atoms with van der Waals surface area (Å²) in [6.45, 7) is 2.24. The van der Waals surface area contributed by atoms with Crippen molar-refractivity contribution < 1.29 is 4.79 Å². The molecule has 3 aromatic rings. The molecule has 1 unspecified atom stereocenters. The second-order valence-electron chi connectivity index (χ2n) is 7.98. The van der Waals surface area contributed by atoms with Crippen molar-refractivity contribution in [2.45, 2.75) is 38.6 Å². The van der Waals surface area contributed by atoms with E-state index in [2.05, 4.69) is 65.8 Å². The number of benzene rings is 2. The first-order valence-electron chi connectivity index (χ1n) is 10.6. The summed E-state index contributed by atoms with van der Waals surface area (Å²) in [6.07, 6.45) is 8.25. The maximum absolute atomic E-state index is 12.8. The summed E-state index contributed by atoms with van der Waals surface area (Å²) in [5.74, 6) is 1.18. The van der Waals surface area contributed by atoms with Gasteiger partial charge in [-0.25, -0.2) is 0 Å². The Morgan fingerprint density at radius 3 is 2.48 bits per heavy atom. The van der Waals surface area contributed by atoms with E-state index in [4.69, 9.17) is 0 Å². The third kappa shape index (κ3) is 4.73. The molecule has 148 valence electrons. The van der Waals surface area contributed by atoms with E-state index in [1.54, 1.807) is 18.5 Å². The van der Waals surface area contributed by atoms with Crippen molar-refractivity contribution in [3.8, 4) is 11.1 Å². The van der Waals surface area contributed by atoms with Crippen LogP contribution in [0.25, 0.3) is 11.1 Å². The number of rotatable bonds is 8. The average Bonchev–Trinajstić information content (AvgIpc) is 3.56. The molecule has 0 spiro atoms. The number of amides is 1. The molecule has 1 amide bonds. The fraction of sp³-hybridized carbons (Fsp3) is 0.308. The lowest BCUT2D eigenvalue weighted by Gasteiger charge is -2.20. The highest BCUT2D eigenvalue weighted by molar-refractivity contribution is 5.94. The molecule has 0 aliphatic heterocycles. The number of carbonyl (C=O) groups excluding carboxylic acids is 1. The summed E-state index contributed by atoms with van der Waals surface area (Å²) in [6, 6.07) is 22.7. The normalized spacial score (nSPS) is 18.8. The van der Waals surface area contributed by atoms with Crippen molar-refractivity contribution in [2.24, 2.45) is 11.8 Å². The Morgan fingerprint density at radius 1 is 1.03 bits per heavy atom. The largest absolute Gasteiger partial charge is 0.345 e. The first kappa shape index (κ1) is 19.4. The molecular formula is C26H28N2O. The molecule has 3 heteroatoms. The van der Waals surface area contributed by atoms with E-state index in [-0.39, 0.29) is 11.9 Å². The van der Waals surface area contributed by atoms with Crippen molar-refractivity contribution in [2.75, 3.05) is 0 Å². The number of nitrogens with zero attached hydrogens (tertiary/aromatic N) is 1. The van der Waals surface area contributed by atoms with Gasteiger partial charge in [0.25, 0.3) is 5.91 Å². The predicted molar refractivity (Wildman–Crippen MR) is 117 cm³/mol. The number of hydrogen-bond donors (Lipinski definition) is 1. The lowest BCUT2D eigenvalue weighted by Crippen LogP contribution is -2.30. The highest BCUT2D eigenvalue weighted by atomic mass is 16.1. The summed E-state index contributed by atoms with van der Waals surface area (Å²) in [5, 5.41) is 3.30. The Hall–Kier alpha value is -2.94. The molecule has 0 radical (unpaired) electrons. The molecule has 3 nitrogen and oxygen atoms in total. The Balaban J connectivity index is 1.54. The van der Waals surface area contributed by atoms with Crippen LogP contribution in [0.4, 0.5) is 0 Å². The zero-order valence-corrected chi connectivity index (χ0v) is 16.9. The van der Waals surface area contributed by atoms with Crippen LogP contribution >= 0.6 is 0 Å². The number of aromatic nitrogens is 1. The number of hydrogen-bond acceptors (Lipinski definition) is 2. The van der Waals surface area contributed by atoms with Crippen LogP contribution in [0.5, 0.6) is 0 Å². The van der Waals surface area contributed by atoms with Crippen molar-refractivity contribution in [3.63, 3.8) is 0 Å². The van der Waals surface area contributed by atoms with Crippen LogP contribution in [0.3, 0.4) is 0 Å². The van der Waals surface area contributed by atoms with Crippen molar-refractivity contribution in [1.29, 1.82) is 0 Å². The molecule has 1 fully saturated rings. The van der Waals surface area contributed by atoms with Gasteiger partial charge < -0.3 is 5.32 Å². The molecule has 1 aromatic heterocycles. The number of pyridine rings is 1. The van der Waals surface area contributed by atoms with Crippen LogP contribution in [0, 0.1) is 11.8 Å². The van der Waals surface area contributed by atoms with Gasteiger partial charge in [0.1, 0.15) is 0 Å². The topological polar surface area (TPSA) is 42.0 Å². The van der Waals surface area contributed by atoms with Crippen LogP contribution in [0.1, 0.15) is 54.6 Å². The Bertz CT molecular complexity index is 922. The smallest absolute Gasteiger partial charge is 0.253 e. The molecule has 1 N–H and O–H groups in total. The van der Waals surface area contributed by atoms with E-state index in [1.165, 1.54) is 42.4 Å².